The second-order valence-corrected chi connectivity index (χ2v) is 6.46. The Morgan fingerprint density at radius 2 is 1.84 bits per heavy atom. The molecule has 0 spiro atoms. The van der Waals surface area contributed by atoms with Crippen molar-refractivity contribution in [1.29, 1.82) is 0 Å². The van der Waals surface area contributed by atoms with Gasteiger partial charge in [-0.1, -0.05) is 12.1 Å². The van der Waals surface area contributed by atoms with E-state index in [2.05, 4.69) is 0 Å². The molecule has 1 aliphatic heterocycles. The number of carbonyl (C=O) groups is 1. The van der Waals surface area contributed by atoms with Crippen LogP contribution in [0.1, 0.15) is 18.4 Å². The summed E-state index contributed by atoms with van der Waals surface area (Å²) in [5.41, 5.74) is -2.77. The van der Waals surface area contributed by atoms with Gasteiger partial charge < -0.3 is 14.7 Å². The van der Waals surface area contributed by atoms with Gasteiger partial charge >= 0.3 is 12.1 Å². The van der Waals surface area contributed by atoms with Gasteiger partial charge in [0.2, 0.25) is 5.91 Å². The Bertz CT molecular complexity index is 675. The van der Waals surface area contributed by atoms with E-state index in [1.165, 1.54) is 7.11 Å². The number of carbonyl (C=O) groups excluding carboxylic acids is 1. The molecule has 1 N–H and O–H groups in total. The number of hydrogen-bond donors (Lipinski definition) is 1. The lowest BCUT2D eigenvalue weighted by atomic mass is 9.85. The number of benzene rings is 1. The zero-order chi connectivity index (χ0) is 18.6. The number of piperidine rings is 1. The van der Waals surface area contributed by atoms with Gasteiger partial charge in [0.15, 0.2) is 5.60 Å². The molecular weight excluding hydrogens is 349 g/mol. The van der Waals surface area contributed by atoms with Crippen molar-refractivity contribution in [3.05, 3.63) is 29.8 Å². The van der Waals surface area contributed by atoms with Crippen LogP contribution in [0, 0.1) is 5.92 Å². The summed E-state index contributed by atoms with van der Waals surface area (Å²) in [6.07, 6.45) is -6.99. The van der Waals surface area contributed by atoms with Crippen LogP contribution in [-0.4, -0.2) is 46.8 Å². The predicted molar refractivity (Wildman–Crippen MR) is 76.0 cm³/mol. The van der Waals surface area contributed by atoms with Crippen LogP contribution < -0.4 is 4.74 Å². The fourth-order valence-electron chi connectivity index (χ4n) is 3.72. The van der Waals surface area contributed by atoms with Crippen molar-refractivity contribution in [1.82, 2.24) is 4.90 Å². The van der Waals surface area contributed by atoms with Crippen molar-refractivity contribution >= 4 is 5.91 Å². The molecule has 2 bridgehead atoms. The smallest absolute Gasteiger partial charge is 0.456 e. The molecule has 9 heteroatoms. The van der Waals surface area contributed by atoms with Crippen LogP contribution in [0.25, 0.3) is 0 Å². The summed E-state index contributed by atoms with van der Waals surface area (Å²) < 4.78 is 71.0. The van der Waals surface area contributed by atoms with Crippen LogP contribution in [-0.2, 0) is 11.3 Å². The standard InChI is InChI=1S/C16H16F5NO3/c1-25-11-4-2-9(3-5-11)8-22-12-6-10(13(22)23)7-14(12,24)15(17,18)16(19,20)21/h2-5,10,12,24H,6-8H2,1H3/t10-,12+,14-/m1/s1. The number of halogens is 5. The average molecular weight is 365 g/mol. The molecule has 1 aromatic rings. The van der Waals surface area contributed by atoms with Crippen LogP contribution in [0.3, 0.4) is 0 Å². The first-order valence-corrected chi connectivity index (χ1v) is 7.61. The molecule has 25 heavy (non-hydrogen) atoms. The van der Waals surface area contributed by atoms with Gasteiger partial charge in [0.1, 0.15) is 5.75 Å². The second-order valence-electron chi connectivity index (χ2n) is 6.46. The van der Waals surface area contributed by atoms with Crippen LogP contribution in [0.2, 0.25) is 0 Å². The Kier molecular flexibility index (Phi) is 3.98. The van der Waals surface area contributed by atoms with E-state index in [1.807, 2.05) is 0 Å². The number of hydrogen-bond acceptors (Lipinski definition) is 3. The molecule has 1 heterocycles. The van der Waals surface area contributed by atoms with E-state index in [0.717, 1.165) is 4.90 Å². The topological polar surface area (TPSA) is 49.8 Å². The first kappa shape index (κ1) is 17.9. The van der Waals surface area contributed by atoms with E-state index in [4.69, 9.17) is 4.74 Å². The Morgan fingerprint density at radius 1 is 1.24 bits per heavy atom. The van der Waals surface area contributed by atoms with E-state index in [9.17, 15) is 31.9 Å². The third-order valence-electron chi connectivity index (χ3n) is 5.04. The highest BCUT2D eigenvalue weighted by atomic mass is 19.4. The Labute approximate surface area is 140 Å². The third kappa shape index (κ3) is 2.56. The van der Waals surface area contributed by atoms with E-state index in [0.29, 0.717) is 11.3 Å². The summed E-state index contributed by atoms with van der Waals surface area (Å²) in [7, 11) is 1.46. The molecule has 3 rings (SSSR count). The van der Waals surface area contributed by atoms with Gasteiger partial charge in [-0.15, -0.1) is 0 Å². The summed E-state index contributed by atoms with van der Waals surface area (Å²) in [5, 5.41) is 10.2. The van der Waals surface area contributed by atoms with Gasteiger partial charge in [-0.05, 0) is 30.5 Å². The number of ether oxygens (including phenoxy) is 1. The van der Waals surface area contributed by atoms with Gasteiger partial charge in [0.05, 0.1) is 13.2 Å². The molecule has 3 atom stereocenters. The SMILES string of the molecule is COc1ccc(CN2C(=O)[C@@H]3C[C@H]2[C@@](O)(C(F)(F)C(F)(F)F)C3)cc1. The fourth-order valence-corrected chi connectivity index (χ4v) is 3.72. The maximum atomic E-state index is 13.9. The zero-order valence-corrected chi connectivity index (χ0v) is 13.2. The normalized spacial score (nSPS) is 29.4. The van der Waals surface area contributed by atoms with Gasteiger partial charge in [-0.3, -0.25) is 4.79 Å². The average Bonchev–Trinajstić information content (AvgIpc) is 3.04. The molecule has 1 aromatic carbocycles. The number of amides is 1. The third-order valence-corrected chi connectivity index (χ3v) is 5.04. The lowest BCUT2D eigenvalue weighted by Gasteiger charge is -2.44. The molecule has 1 saturated carbocycles. The number of alkyl halides is 5. The number of aliphatic hydroxyl groups is 1. The number of fused-ring (bicyclic) bond motifs is 2. The van der Waals surface area contributed by atoms with Crippen molar-refractivity contribution in [2.45, 2.75) is 43.1 Å². The molecule has 2 fully saturated rings. The first-order valence-electron chi connectivity index (χ1n) is 7.61. The molecule has 1 aliphatic carbocycles. The van der Waals surface area contributed by atoms with Crippen LogP contribution in [0.4, 0.5) is 22.0 Å². The van der Waals surface area contributed by atoms with Crippen molar-refractivity contribution in [3.8, 4) is 5.75 Å². The largest absolute Gasteiger partial charge is 0.497 e. The van der Waals surface area contributed by atoms with Crippen LogP contribution in [0.15, 0.2) is 24.3 Å². The van der Waals surface area contributed by atoms with E-state index in [1.54, 1.807) is 24.3 Å². The molecule has 2 aliphatic rings. The highest BCUT2D eigenvalue weighted by Gasteiger charge is 2.77. The lowest BCUT2D eigenvalue weighted by Crippen LogP contribution is -2.66. The monoisotopic (exact) mass is 365 g/mol. The minimum Gasteiger partial charge on any atom is -0.497 e. The molecule has 0 radical (unpaired) electrons. The highest BCUT2D eigenvalue weighted by Crippen LogP contribution is 2.56. The van der Waals surface area contributed by atoms with Crippen molar-refractivity contribution in [2.24, 2.45) is 5.92 Å². The number of methoxy groups -OCH3 is 1. The van der Waals surface area contributed by atoms with Crippen LogP contribution in [0.5, 0.6) is 5.75 Å². The highest BCUT2D eigenvalue weighted by molar-refractivity contribution is 5.83. The summed E-state index contributed by atoms with van der Waals surface area (Å²) in [6.45, 7) is -0.153. The van der Waals surface area contributed by atoms with Gasteiger partial charge in [-0.25, -0.2) is 0 Å². The molecule has 0 aromatic heterocycles. The Hall–Kier alpha value is -1.90. The second kappa shape index (κ2) is 5.55. The van der Waals surface area contributed by atoms with Crippen molar-refractivity contribution in [3.63, 3.8) is 0 Å². The Balaban J connectivity index is 1.87. The predicted octanol–water partition coefficient (Wildman–Crippen LogP) is 2.74. The van der Waals surface area contributed by atoms with E-state index in [-0.39, 0.29) is 13.0 Å². The minimum absolute atomic E-state index is 0.153. The molecular formula is C16H16F5NO3. The van der Waals surface area contributed by atoms with Gasteiger partial charge in [0, 0.05) is 12.5 Å². The fraction of sp³-hybridized carbons (Fsp3) is 0.562. The molecule has 138 valence electrons. The maximum Gasteiger partial charge on any atom is 0.456 e. The molecule has 1 amide bonds. The summed E-state index contributed by atoms with van der Waals surface area (Å²) in [6, 6.07) is 4.76. The van der Waals surface area contributed by atoms with Crippen molar-refractivity contribution < 1.29 is 36.6 Å². The van der Waals surface area contributed by atoms with E-state index >= 15 is 0 Å². The number of nitrogens with zero attached hydrogens (tertiary/aromatic N) is 1. The zero-order valence-electron chi connectivity index (χ0n) is 13.2. The maximum absolute atomic E-state index is 13.9. The van der Waals surface area contributed by atoms with Gasteiger partial charge in [-0.2, -0.15) is 22.0 Å². The van der Waals surface area contributed by atoms with Gasteiger partial charge in [0.25, 0.3) is 0 Å². The summed E-state index contributed by atoms with van der Waals surface area (Å²) in [5.74, 6) is -6.29. The molecule has 4 nitrogen and oxygen atoms in total. The van der Waals surface area contributed by atoms with Crippen LogP contribution >= 0.6 is 0 Å². The number of likely N-dealkylation sites (tertiary alicyclic amines) is 1. The van der Waals surface area contributed by atoms with Crippen molar-refractivity contribution in [2.75, 3.05) is 7.11 Å². The van der Waals surface area contributed by atoms with E-state index < -0.39 is 42.0 Å². The Morgan fingerprint density at radius 3 is 2.32 bits per heavy atom. The summed E-state index contributed by atoms with van der Waals surface area (Å²) in [4.78, 5) is 13.1. The first-order chi connectivity index (χ1) is 11.5. The quantitative estimate of drug-likeness (QED) is 0.835. The number of rotatable bonds is 4. The molecule has 0 unspecified atom stereocenters. The molecule has 1 saturated heterocycles. The summed E-state index contributed by atoms with van der Waals surface area (Å²) >= 11 is 0. The lowest BCUT2D eigenvalue weighted by molar-refractivity contribution is -0.349. The minimum atomic E-state index is -5.89.